The molecule has 0 spiro atoms. The van der Waals surface area contributed by atoms with Crippen molar-refractivity contribution in [3.63, 3.8) is 0 Å². The van der Waals surface area contributed by atoms with Gasteiger partial charge >= 0.3 is 0 Å². The minimum Gasteiger partial charge on any atom is -0.378 e. The Hall–Kier alpha value is -3.76. The van der Waals surface area contributed by atoms with Crippen molar-refractivity contribution in [1.82, 2.24) is 5.48 Å². The van der Waals surface area contributed by atoms with Gasteiger partial charge in [0.05, 0.1) is 22.0 Å². The fourth-order valence-electron chi connectivity index (χ4n) is 2.80. The number of rotatable bonds is 7. The van der Waals surface area contributed by atoms with E-state index in [1.165, 1.54) is 48.9 Å². The van der Waals surface area contributed by atoms with Crippen LogP contribution >= 0.6 is 0 Å². The summed E-state index contributed by atoms with van der Waals surface area (Å²) in [4.78, 5) is 13.5. The van der Waals surface area contributed by atoms with Gasteiger partial charge in [-0.1, -0.05) is 0 Å². The van der Waals surface area contributed by atoms with Crippen LogP contribution in [-0.4, -0.2) is 40.7 Å². The third kappa shape index (κ3) is 5.10. The van der Waals surface area contributed by atoms with Gasteiger partial charge in [0, 0.05) is 32.4 Å². The van der Waals surface area contributed by atoms with E-state index in [2.05, 4.69) is 10.2 Å². The number of amides is 1. The monoisotopic (exact) mass is 453 g/mol. The normalized spacial score (nSPS) is 11.4. The van der Waals surface area contributed by atoms with Crippen molar-refractivity contribution in [1.29, 1.82) is 0 Å². The third-order valence-corrected chi connectivity index (χ3v) is 6.54. The molecule has 0 saturated heterocycles. The summed E-state index contributed by atoms with van der Waals surface area (Å²) in [7, 11) is 1.50. The number of carbonyl (C=O) groups is 1. The van der Waals surface area contributed by atoms with Crippen molar-refractivity contribution in [3.8, 4) is 0 Å². The zero-order valence-electron chi connectivity index (χ0n) is 17.8. The maximum Gasteiger partial charge on any atom is 0.274 e. The number of benzene rings is 3. The summed E-state index contributed by atoms with van der Waals surface area (Å²) >= 11 is 0. The molecule has 0 aromatic heterocycles. The standard InChI is InChI=1S/C22H23N5O4S/c1-26(2)19-12-6-17(7-13-19)23-24-18-8-14-21(15-9-18)32(30,31)27(3)20-10-4-16(5-11-20)22(28)25-29/h4-15,29H,1-3H3,(H,25,28). The molecule has 3 aromatic rings. The van der Waals surface area contributed by atoms with E-state index in [1.807, 2.05) is 43.3 Å². The van der Waals surface area contributed by atoms with Crippen molar-refractivity contribution >= 4 is 38.7 Å². The molecule has 0 bridgehead atoms. The van der Waals surface area contributed by atoms with Crippen molar-refractivity contribution in [3.05, 3.63) is 78.4 Å². The van der Waals surface area contributed by atoms with Crippen LogP contribution in [0.5, 0.6) is 0 Å². The Morgan fingerprint density at radius 3 is 1.72 bits per heavy atom. The number of anilines is 2. The fraction of sp³-hybridized carbons (Fsp3) is 0.136. The summed E-state index contributed by atoms with van der Waals surface area (Å²) in [6, 6.07) is 19.4. The second-order valence-corrected chi connectivity index (χ2v) is 9.03. The molecular formula is C22H23N5O4S. The van der Waals surface area contributed by atoms with Gasteiger partial charge in [-0.05, 0) is 72.8 Å². The van der Waals surface area contributed by atoms with Gasteiger partial charge < -0.3 is 4.90 Å². The molecule has 0 fully saturated rings. The maximum atomic E-state index is 12.9. The molecule has 0 aliphatic heterocycles. The Labute approximate surface area is 186 Å². The van der Waals surface area contributed by atoms with Crippen LogP contribution in [0.4, 0.5) is 22.7 Å². The molecule has 3 aromatic carbocycles. The summed E-state index contributed by atoms with van der Waals surface area (Å²) in [5.74, 6) is -0.680. The van der Waals surface area contributed by atoms with E-state index in [0.717, 1.165) is 9.99 Å². The van der Waals surface area contributed by atoms with Crippen molar-refractivity contribution in [2.45, 2.75) is 4.90 Å². The van der Waals surface area contributed by atoms with Gasteiger partial charge in [-0.15, -0.1) is 0 Å². The number of carbonyl (C=O) groups excluding carboxylic acids is 1. The van der Waals surface area contributed by atoms with Gasteiger partial charge in [0.15, 0.2) is 0 Å². The van der Waals surface area contributed by atoms with E-state index in [0.29, 0.717) is 17.1 Å². The minimum absolute atomic E-state index is 0.0893. The molecule has 1 amide bonds. The first kappa shape index (κ1) is 22.9. The quantitative estimate of drug-likeness (QED) is 0.317. The Morgan fingerprint density at radius 1 is 0.781 bits per heavy atom. The van der Waals surface area contributed by atoms with Crippen LogP contribution in [-0.2, 0) is 10.0 Å². The lowest BCUT2D eigenvalue weighted by Gasteiger charge is -2.19. The van der Waals surface area contributed by atoms with Gasteiger partial charge in [0.25, 0.3) is 15.9 Å². The summed E-state index contributed by atoms with van der Waals surface area (Å²) in [6.45, 7) is 0. The van der Waals surface area contributed by atoms with Crippen molar-refractivity contribution in [2.75, 3.05) is 30.3 Å². The highest BCUT2D eigenvalue weighted by Gasteiger charge is 2.21. The van der Waals surface area contributed by atoms with E-state index in [-0.39, 0.29) is 10.5 Å². The lowest BCUT2D eigenvalue weighted by molar-refractivity contribution is 0.0706. The molecule has 2 N–H and O–H groups in total. The van der Waals surface area contributed by atoms with Crippen molar-refractivity contribution in [2.24, 2.45) is 10.2 Å². The van der Waals surface area contributed by atoms with Crippen LogP contribution in [0.15, 0.2) is 87.9 Å². The molecule has 0 saturated carbocycles. The van der Waals surface area contributed by atoms with E-state index in [9.17, 15) is 13.2 Å². The molecule has 0 atom stereocenters. The van der Waals surface area contributed by atoms with Crippen LogP contribution in [0.1, 0.15) is 10.4 Å². The molecule has 0 unspecified atom stereocenters. The molecule has 32 heavy (non-hydrogen) atoms. The number of azo groups is 1. The van der Waals surface area contributed by atoms with E-state index >= 15 is 0 Å². The molecule has 166 valence electrons. The van der Waals surface area contributed by atoms with E-state index < -0.39 is 15.9 Å². The Kier molecular flexibility index (Phi) is 6.86. The molecule has 0 aliphatic rings. The number of sulfonamides is 1. The van der Waals surface area contributed by atoms with Gasteiger partial charge in [0.2, 0.25) is 0 Å². The maximum absolute atomic E-state index is 12.9. The molecule has 9 nitrogen and oxygen atoms in total. The predicted molar refractivity (Wildman–Crippen MR) is 123 cm³/mol. The molecular weight excluding hydrogens is 430 g/mol. The Morgan fingerprint density at radius 2 is 1.25 bits per heavy atom. The summed E-state index contributed by atoms with van der Waals surface area (Å²) in [5, 5.41) is 17.0. The van der Waals surface area contributed by atoms with E-state index in [1.54, 1.807) is 12.1 Å². The highest BCUT2D eigenvalue weighted by Crippen LogP contribution is 2.26. The summed E-state index contributed by atoms with van der Waals surface area (Å²) in [6.07, 6.45) is 0. The Bertz CT molecular complexity index is 1210. The van der Waals surface area contributed by atoms with E-state index in [4.69, 9.17) is 5.21 Å². The number of nitrogens with zero attached hydrogens (tertiary/aromatic N) is 4. The predicted octanol–water partition coefficient (Wildman–Crippen LogP) is 4.11. The second kappa shape index (κ2) is 9.58. The zero-order valence-corrected chi connectivity index (χ0v) is 18.6. The Balaban J connectivity index is 1.74. The lowest BCUT2D eigenvalue weighted by atomic mass is 10.2. The fourth-order valence-corrected chi connectivity index (χ4v) is 4.00. The average Bonchev–Trinajstić information content (AvgIpc) is 2.82. The molecule has 10 heteroatoms. The number of hydrogen-bond acceptors (Lipinski definition) is 7. The van der Waals surface area contributed by atoms with Crippen molar-refractivity contribution < 1.29 is 18.4 Å². The highest BCUT2D eigenvalue weighted by molar-refractivity contribution is 7.92. The lowest BCUT2D eigenvalue weighted by Crippen LogP contribution is -2.26. The first-order valence-corrected chi connectivity index (χ1v) is 11.0. The minimum atomic E-state index is -3.82. The molecule has 0 aliphatic carbocycles. The molecule has 0 heterocycles. The zero-order chi connectivity index (χ0) is 23.3. The third-order valence-electron chi connectivity index (χ3n) is 4.74. The summed E-state index contributed by atoms with van der Waals surface area (Å²) in [5.41, 5.74) is 4.35. The van der Waals surface area contributed by atoms with Gasteiger partial charge in [-0.3, -0.25) is 14.3 Å². The first-order valence-electron chi connectivity index (χ1n) is 9.55. The molecule has 0 radical (unpaired) electrons. The summed E-state index contributed by atoms with van der Waals surface area (Å²) < 4.78 is 27.0. The topological polar surface area (TPSA) is 115 Å². The van der Waals surface area contributed by atoms with Crippen LogP contribution in [0.25, 0.3) is 0 Å². The smallest absolute Gasteiger partial charge is 0.274 e. The average molecular weight is 454 g/mol. The van der Waals surface area contributed by atoms with Gasteiger partial charge in [0.1, 0.15) is 0 Å². The van der Waals surface area contributed by atoms with Crippen LogP contribution in [0.3, 0.4) is 0 Å². The second-order valence-electron chi connectivity index (χ2n) is 7.07. The van der Waals surface area contributed by atoms with Gasteiger partial charge in [-0.2, -0.15) is 10.2 Å². The SMILES string of the molecule is CN(C)c1ccc(N=Nc2ccc(S(=O)(=O)N(C)c3ccc(C(=O)NO)cc3)cc2)cc1. The van der Waals surface area contributed by atoms with Gasteiger partial charge in [-0.25, -0.2) is 13.9 Å². The first-order chi connectivity index (χ1) is 15.2. The highest BCUT2D eigenvalue weighted by atomic mass is 32.2. The molecule has 3 rings (SSSR count). The number of nitrogens with one attached hydrogen (secondary N) is 1. The van der Waals surface area contributed by atoms with Crippen LogP contribution in [0, 0.1) is 0 Å². The number of hydrogen-bond donors (Lipinski definition) is 2. The number of hydroxylamine groups is 1. The largest absolute Gasteiger partial charge is 0.378 e. The van der Waals surface area contributed by atoms with Crippen LogP contribution in [0.2, 0.25) is 0 Å². The van der Waals surface area contributed by atoms with Crippen LogP contribution < -0.4 is 14.7 Å².